The molecule has 0 amide bonds. The van der Waals surface area contributed by atoms with Crippen molar-refractivity contribution >= 4 is 5.71 Å². The minimum atomic E-state index is -1.26. The molecule has 1 aliphatic rings. The zero-order valence-electron chi connectivity index (χ0n) is 10.9. The van der Waals surface area contributed by atoms with Gasteiger partial charge >= 0.3 is 6.10 Å². The Balaban J connectivity index is 1.99. The van der Waals surface area contributed by atoms with Gasteiger partial charge in [0, 0.05) is 18.0 Å². The average Bonchev–Trinajstić information content (AvgIpc) is 3.05. The maximum Gasteiger partial charge on any atom is 0.444 e. The fraction of sp³-hybridized carbons (Fsp3) is 0.500. The lowest BCUT2D eigenvalue weighted by atomic mass is 10.2. The first-order chi connectivity index (χ1) is 8.40. The third-order valence-electron chi connectivity index (χ3n) is 2.13. The van der Waals surface area contributed by atoms with E-state index in [1.807, 2.05) is 39.8 Å². The Morgan fingerprint density at radius 2 is 1.94 bits per heavy atom. The smallest absolute Gasteiger partial charge is 0.299 e. The molecule has 18 heavy (non-hydrogen) atoms. The predicted molar refractivity (Wildman–Crippen MR) is 65.3 cm³/mol. The maximum atomic E-state index is 5.55. The highest BCUT2D eigenvalue weighted by atomic mass is 17.5. The van der Waals surface area contributed by atoms with E-state index < -0.39 is 11.7 Å². The van der Waals surface area contributed by atoms with E-state index in [1.54, 1.807) is 12.4 Å². The van der Waals surface area contributed by atoms with Crippen molar-refractivity contribution in [3.8, 4) is 0 Å². The molecule has 1 saturated heterocycles. The molecule has 1 aromatic rings. The number of nitrogens with zero attached hydrogens (tertiary/aromatic N) is 2. The summed E-state index contributed by atoms with van der Waals surface area (Å²) in [5, 5.41) is 4.18. The topological polar surface area (TPSA) is 71.6 Å². The summed E-state index contributed by atoms with van der Waals surface area (Å²) >= 11 is 0. The highest BCUT2D eigenvalue weighted by Crippen LogP contribution is 2.32. The summed E-state index contributed by atoms with van der Waals surface area (Å²) in [6, 6.07) is 3.73. The van der Waals surface area contributed by atoms with Crippen molar-refractivity contribution in [1.29, 1.82) is 0 Å². The van der Waals surface area contributed by atoms with Gasteiger partial charge in [-0.25, -0.2) is 5.43 Å². The Kier molecular flexibility index (Phi) is 3.34. The van der Waals surface area contributed by atoms with Crippen molar-refractivity contribution in [2.45, 2.75) is 39.4 Å². The van der Waals surface area contributed by atoms with E-state index in [9.17, 15) is 0 Å². The molecule has 2 heterocycles. The first-order valence-corrected chi connectivity index (χ1v) is 5.69. The lowest BCUT2D eigenvalue weighted by molar-refractivity contribution is -0.157. The lowest BCUT2D eigenvalue weighted by Crippen LogP contribution is -2.39. The molecular formula is C12H17N3O3. The van der Waals surface area contributed by atoms with Crippen LogP contribution in [0.5, 0.6) is 0 Å². The van der Waals surface area contributed by atoms with Gasteiger partial charge in [-0.15, -0.1) is 9.78 Å². The highest BCUT2D eigenvalue weighted by Gasteiger charge is 2.55. The van der Waals surface area contributed by atoms with Crippen molar-refractivity contribution in [2.75, 3.05) is 0 Å². The van der Waals surface area contributed by atoms with Crippen LogP contribution < -0.4 is 5.43 Å². The molecule has 0 aliphatic carbocycles. The van der Waals surface area contributed by atoms with Crippen LogP contribution in [-0.2, 0) is 14.5 Å². The van der Waals surface area contributed by atoms with Crippen LogP contribution in [0.4, 0.5) is 0 Å². The van der Waals surface area contributed by atoms with Crippen molar-refractivity contribution in [2.24, 2.45) is 5.10 Å². The molecule has 1 N–H and O–H groups in total. The molecule has 0 aromatic carbocycles. The van der Waals surface area contributed by atoms with Gasteiger partial charge in [0.25, 0.3) is 0 Å². The van der Waals surface area contributed by atoms with Crippen LogP contribution in [0.15, 0.2) is 29.6 Å². The van der Waals surface area contributed by atoms with Gasteiger partial charge < -0.3 is 0 Å². The van der Waals surface area contributed by atoms with Crippen molar-refractivity contribution < 1.29 is 14.5 Å². The molecular weight excluding hydrogens is 234 g/mol. The van der Waals surface area contributed by atoms with E-state index in [0.717, 1.165) is 11.3 Å². The average molecular weight is 251 g/mol. The monoisotopic (exact) mass is 251 g/mol. The van der Waals surface area contributed by atoms with Gasteiger partial charge in [0.1, 0.15) is 0 Å². The van der Waals surface area contributed by atoms with Crippen LogP contribution in [0, 0.1) is 0 Å². The summed E-state index contributed by atoms with van der Waals surface area (Å²) in [6.45, 7) is 7.58. The first-order valence-electron chi connectivity index (χ1n) is 5.69. The fourth-order valence-electron chi connectivity index (χ4n) is 1.35. The first kappa shape index (κ1) is 12.9. The number of ether oxygens (including phenoxy) is 1. The molecule has 0 bridgehead atoms. The van der Waals surface area contributed by atoms with Crippen LogP contribution in [0.1, 0.15) is 33.3 Å². The number of pyridine rings is 1. The summed E-state index contributed by atoms with van der Waals surface area (Å²) < 4.78 is 5.55. The molecule has 1 fully saturated rings. The fourth-order valence-corrected chi connectivity index (χ4v) is 1.35. The quantitative estimate of drug-likeness (QED) is 0.290. The van der Waals surface area contributed by atoms with Gasteiger partial charge in [0.05, 0.1) is 11.3 Å². The predicted octanol–water partition coefficient (Wildman–Crippen LogP) is 1.78. The number of rotatable bonds is 4. The van der Waals surface area contributed by atoms with E-state index >= 15 is 0 Å². The molecule has 6 heteroatoms. The van der Waals surface area contributed by atoms with Crippen molar-refractivity contribution in [1.82, 2.24) is 10.4 Å². The largest absolute Gasteiger partial charge is 0.444 e. The van der Waals surface area contributed by atoms with Crippen molar-refractivity contribution in [3.63, 3.8) is 0 Å². The summed E-state index contributed by atoms with van der Waals surface area (Å²) in [6.07, 6.45) is 2.16. The highest BCUT2D eigenvalue weighted by molar-refractivity contribution is 5.98. The number of aromatic nitrogens is 1. The molecule has 6 nitrogen and oxygen atoms in total. The Hall–Kier alpha value is -1.50. The minimum Gasteiger partial charge on any atom is -0.299 e. The molecule has 0 radical (unpaired) electrons. The SMILES string of the molecule is CC(=NNC1(OC(C)(C)C)OO1)c1ccncc1. The standard InChI is InChI=1S/C12H17N3O3/c1-9(10-5-7-13-8-6-10)14-15-12(17-18-12)16-11(2,3)4/h5-8,15H,1-4H3. The number of hydrogen-bond acceptors (Lipinski definition) is 6. The molecule has 2 rings (SSSR count). The molecule has 0 unspecified atom stereocenters. The zero-order valence-corrected chi connectivity index (χ0v) is 10.9. The number of hydrogen-bond donors (Lipinski definition) is 1. The van der Waals surface area contributed by atoms with Gasteiger partial charge in [-0.1, -0.05) is 0 Å². The maximum absolute atomic E-state index is 5.55. The molecule has 1 aliphatic heterocycles. The van der Waals surface area contributed by atoms with Gasteiger partial charge in [-0.05, 0) is 39.8 Å². The lowest BCUT2D eigenvalue weighted by Gasteiger charge is -2.21. The second kappa shape index (κ2) is 4.64. The number of hydrazone groups is 1. The Morgan fingerprint density at radius 3 is 2.44 bits per heavy atom. The second-order valence-electron chi connectivity index (χ2n) is 4.98. The van der Waals surface area contributed by atoms with Crippen LogP contribution in [-0.4, -0.2) is 22.4 Å². The molecule has 0 atom stereocenters. The second-order valence-corrected chi connectivity index (χ2v) is 4.98. The van der Waals surface area contributed by atoms with Crippen LogP contribution in [0.2, 0.25) is 0 Å². The van der Waals surface area contributed by atoms with E-state index in [4.69, 9.17) is 14.5 Å². The number of nitrogens with one attached hydrogen (secondary N) is 1. The van der Waals surface area contributed by atoms with E-state index in [-0.39, 0.29) is 0 Å². The Bertz CT molecular complexity index is 436. The normalized spacial score (nSPS) is 18.6. The Morgan fingerprint density at radius 1 is 1.33 bits per heavy atom. The van der Waals surface area contributed by atoms with Gasteiger partial charge in [-0.2, -0.15) is 5.10 Å². The molecule has 98 valence electrons. The van der Waals surface area contributed by atoms with Crippen LogP contribution >= 0.6 is 0 Å². The van der Waals surface area contributed by atoms with E-state index in [1.165, 1.54) is 0 Å². The van der Waals surface area contributed by atoms with Gasteiger partial charge in [-0.3, -0.25) is 9.72 Å². The van der Waals surface area contributed by atoms with Gasteiger partial charge in [0.15, 0.2) is 0 Å². The third kappa shape index (κ3) is 3.49. The van der Waals surface area contributed by atoms with E-state index in [2.05, 4.69) is 15.5 Å². The molecule has 0 spiro atoms. The van der Waals surface area contributed by atoms with E-state index in [0.29, 0.717) is 0 Å². The van der Waals surface area contributed by atoms with Crippen molar-refractivity contribution in [3.05, 3.63) is 30.1 Å². The molecule has 1 aromatic heterocycles. The summed E-state index contributed by atoms with van der Waals surface area (Å²) in [4.78, 5) is 13.6. The summed E-state index contributed by atoms with van der Waals surface area (Å²) in [5.74, 6) is 0. The third-order valence-corrected chi connectivity index (χ3v) is 2.13. The van der Waals surface area contributed by atoms with Crippen LogP contribution in [0.3, 0.4) is 0 Å². The summed E-state index contributed by atoms with van der Waals surface area (Å²) in [5.41, 5.74) is 4.07. The Labute approximate surface area is 106 Å². The zero-order chi connectivity index (χ0) is 13.2. The summed E-state index contributed by atoms with van der Waals surface area (Å²) in [7, 11) is 0. The molecule has 0 saturated carbocycles. The van der Waals surface area contributed by atoms with Gasteiger partial charge in [0.2, 0.25) is 0 Å². The van der Waals surface area contributed by atoms with Crippen LogP contribution in [0.25, 0.3) is 0 Å². The minimum absolute atomic E-state index is 0.399.